The number of anilines is 1. The van der Waals surface area contributed by atoms with E-state index < -0.39 is 5.41 Å². The number of fused-ring (bicyclic) bond motifs is 1. The molecular weight excluding hydrogens is 304 g/mol. The quantitative estimate of drug-likeness (QED) is 0.855. The van der Waals surface area contributed by atoms with Gasteiger partial charge in [-0.3, -0.25) is 9.59 Å². The maximum atomic E-state index is 12.8. The SMILES string of the molecule is C[C@H]1CN(C(=O)CCN2C(=O)C(C)(C)c3ccccc32)C[C@H](C)O1. The van der Waals surface area contributed by atoms with E-state index in [1.807, 2.05) is 56.9 Å². The Morgan fingerprint density at radius 1 is 1.21 bits per heavy atom. The zero-order valence-electron chi connectivity index (χ0n) is 14.9. The third kappa shape index (κ3) is 2.93. The molecule has 0 spiro atoms. The molecule has 0 bridgehead atoms. The normalized spacial score (nSPS) is 25.8. The van der Waals surface area contributed by atoms with Crippen LogP contribution in [0.25, 0.3) is 0 Å². The molecule has 0 saturated carbocycles. The van der Waals surface area contributed by atoms with Gasteiger partial charge in [0, 0.05) is 31.7 Å². The highest BCUT2D eigenvalue weighted by molar-refractivity contribution is 6.07. The van der Waals surface area contributed by atoms with Crippen LogP contribution in [0.5, 0.6) is 0 Å². The number of rotatable bonds is 3. The molecule has 2 amide bonds. The summed E-state index contributed by atoms with van der Waals surface area (Å²) >= 11 is 0. The van der Waals surface area contributed by atoms with Crippen LogP contribution in [0.15, 0.2) is 24.3 Å². The minimum atomic E-state index is -0.526. The van der Waals surface area contributed by atoms with Crippen LogP contribution >= 0.6 is 0 Å². The summed E-state index contributed by atoms with van der Waals surface area (Å²) in [7, 11) is 0. The van der Waals surface area contributed by atoms with Crippen LogP contribution in [0, 0.1) is 0 Å². The van der Waals surface area contributed by atoms with Gasteiger partial charge < -0.3 is 14.5 Å². The zero-order valence-corrected chi connectivity index (χ0v) is 14.9. The van der Waals surface area contributed by atoms with E-state index in [1.54, 1.807) is 4.90 Å². The van der Waals surface area contributed by atoms with Gasteiger partial charge in [-0.2, -0.15) is 0 Å². The summed E-state index contributed by atoms with van der Waals surface area (Å²) in [6.45, 7) is 9.54. The summed E-state index contributed by atoms with van der Waals surface area (Å²) in [5.74, 6) is 0.159. The predicted octanol–water partition coefficient (Wildman–Crippen LogP) is 2.34. The van der Waals surface area contributed by atoms with E-state index in [4.69, 9.17) is 4.74 Å². The van der Waals surface area contributed by atoms with Crippen molar-refractivity contribution < 1.29 is 14.3 Å². The van der Waals surface area contributed by atoms with Crippen molar-refractivity contribution in [3.8, 4) is 0 Å². The van der Waals surface area contributed by atoms with E-state index >= 15 is 0 Å². The van der Waals surface area contributed by atoms with Gasteiger partial charge >= 0.3 is 0 Å². The molecule has 1 aromatic carbocycles. The van der Waals surface area contributed by atoms with E-state index in [9.17, 15) is 9.59 Å². The average molecular weight is 330 g/mol. The molecule has 24 heavy (non-hydrogen) atoms. The van der Waals surface area contributed by atoms with Gasteiger partial charge in [0.15, 0.2) is 0 Å². The molecule has 1 fully saturated rings. The molecule has 5 nitrogen and oxygen atoms in total. The summed E-state index contributed by atoms with van der Waals surface area (Å²) in [6.07, 6.45) is 0.465. The van der Waals surface area contributed by atoms with Crippen LogP contribution < -0.4 is 4.90 Å². The molecule has 2 aliphatic heterocycles. The predicted molar refractivity (Wildman–Crippen MR) is 93.0 cm³/mol. The highest BCUT2D eigenvalue weighted by Gasteiger charge is 2.43. The van der Waals surface area contributed by atoms with Crippen LogP contribution in [-0.4, -0.2) is 48.6 Å². The van der Waals surface area contributed by atoms with Crippen LogP contribution in [-0.2, 0) is 19.7 Å². The zero-order chi connectivity index (χ0) is 17.5. The number of nitrogens with zero attached hydrogens (tertiary/aromatic N) is 2. The van der Waals surface area contributed by atoms with Crippen LogP contribution in [0.1, 0.15) is 39.7 Å². The summed E-state index contributed by atoms with van der Waals surface area (Å²) in [5.41, 5.74) is 1.45. The molecule has 0 aromatic heterocycles. The van der Waals surface area contributed by atoms with Crippen molar-refractivity contribution in [3.05, 3.63) is 29.8 Å². The Hall–Kier alpha value is -1.88. The van der Waals surface area contributed by atoms with Gasteiger partial charge in [0.2, 0.25) is 11.8 Å². The summed E-state index contributed by atoms with van der Waals surface area (Å²) in [6, 6.07) is 7.86. The van der Waals surface area contributed by atoms with Gasteiger partial charge in [-0.25, -0.2) is 0 Å². The molecule has 1 aromatic rings. The van der Waals surface area contributed by atoms with E-state index in [-0.39, 0.29) is 24.0 Å². The maximum Gasteiger partial charge on any atom is 0.237 e. The Balaban J connectivity index is 1.69. The van der Waals surface area contributed by atoms with Gasteiger partial charge in [0.1, 0.15) is 0 Å². The maximum absolute atomic E-state index is 12.8. The van der Waals surface area contributed by atoms with E-state index in [1.165, 1.54) is 0 Å². The van der Waals surface area contributed by atoms with Crippen molar-refractivity contribution in [3.63, 3.8) is 0 Å². The second-order valence-corrected chi connectivity index (χ2v) is 7.40. The molecule has 2 aliphatic rings. The first-order chi connectivity index (χ1) is 11.3. The fourth-order valence-corrected chi connectivity index (χ4v) is 3.77. The fourth-order valence-electron chi connectivity index (χ4n) is 3.77. The van der Waals surface area contributed by atoms with Crippen molar-refractivity contribution in [2.45, 2.75) is 51.7 Å². The molecule has 130 valence electrons. The monoisotopic (exact) mass is 330 g/mol. The average Bonchev–Trinajstić information content (AvgIpc) is 2.72. The first kappa shape index (κ1) is 17.0. The van der Waals surface area contributed by atoms with Gasteiger partial charge in [-0.15, -0.1) is 0 Å². The molecular formula is C19H26N2O3. The number of morpholine rings is 1. The Labute approximate surface area is 143 Å². The Morgan fingerprint density at radius 3 is 2.50 bits per heavy atom. The number of ether oxygens (including phenoxy) is 1. The second-order valence-electron chi connectivity index (χ2n) is 7.40. The summed E-state index contributed by atoms with van der Waals surface area (Å²) in [5, 5.41) is 0. The Kier molecular flexibility index (Phi) is 4.38. The van der Waals surface area contributed by atoms with Crippen LogP contribution in [0.2, 0.25) is 0 Å². The number of benzene rings is 1. The van der Waals surface area contributed by atoms with Gasteiger partial charge in [-0.1, -0.05) is 18.2 Å². The minimum Gasteiger partial charge on any atom is -0.372 e. The standard InChI is InChI=1S/C19H26N2O3/c1-13-11-20(12-14(2)24-13)17(22)9-10-21-16-8-6-5-7-15(16)19(3,4)18(21)23/h5-8,13-14H,9-12H2,1-4H3/t13-,14-/m0/s1. The first-order valence-electron chi connectivity index (χ1n) is 8.65. The first-order valence-corrected chi connectivity index (χ1v) is 8.65. The number of hydrogen-bond acceptors (Lipinski definition) is 3. The topological polar surface area (TPSA) is 49.9 Å². The third-order valence-corrected chi connectivity index (χ3v) is 4.97. The third-order valence-electron chi connectivity index (χ3n) is 4.97. The molecule has 3 rings (SSSR count). The summed E-state index contributed by atoms with van der Waals surface area (Å²) in [4.78, 5) is 28.9. The van der Waals surface area contributed by atoms with Gasteiger partial charge in [0.25, 0.3) is 0 Å². The Bertz CT molecular complexity index is 646. The van der Waals surface area contributed by atoms with E-state index in [0.29, 0.717) is 26.1 Å². The highest BCUT2D eigenvalue weighted by atomic mass is 16.5. The molecule has 2 heterocycles. The highest BCUT2D eigenvalue weighted by Crippen LogP contribution is 2.41. The van der Waals surface area contributed by atoms with Crippen molar-refractivity contribution in [2.75, 3.05) is 24.5 Å². The Morgan fingerprint density at radius 2 is 1.83 bits per heavy atom. The van der Waals surface area contributed by atoms with Gasteiger partial charge in [-0.05, 0) is 39.3 Å². The second kappa shape index (κ2) is 6.20. The van der Waals surface area contributed by atoms with E-state index in [0.717, 1.165) is 11.3 Å². The van der Waals surface area contributed by atoms with Crippen molar-refractivity contribution in [1.82, 2.24) is 4.90 Å². The molecule has 2 atom stereocenters. The van der Waals surface area contributed by atoms with Gasteiger partial charge in [0.05, 0.1) is 17.6 Å². The van der Waals surface area contributed by atoms with Crippen LogP contribution in [0.3, 0.4) is 0 Å². The fraction of sp³-hybridized carbons (Fsp3) is 0.579. The minimum absolute atomic E-state index is 0.0609. The van der Waals surface area contributed by atoms with Crippen LogP contribution in [0.4, 0.5) is 5.69 Å². The number of carbonyl (C=O) groups excluding carboxylic acids is 2. The molecule has 0 N–H and O–H groups in total. The lowest BCUT2D eigenvalue weighted by atomic mass is 9.86. The summed E-state index contributed by atoms with van der Waals surface area (Å²) < 4.78 is 5.68. The number of hydrogen-bond donors (Lipinski definition) is 0. The largest absolute Gasteiger partial charge is 0.372 e. The lowest BCUT2D eigenvalue weighted by Gasteiger charge is -2.35. The van der Waals surface area contributed by atoms with Crippen molar-refractivity contribution in [2.24, 2.45) is 0 Å². The number of para-hydroxylation sites is 1. The van der Waals surface area contributed by atoms with Crippen molar-refractivity contribution in [1.29, 1.82) is 0 Å². The van der Waals surface area contributed by atoms with E-state index in [2.05, 4.69) is 0 Å². The lowest BCUT2D eigenvalue weighted by Crippen LogP contribution is -2.49. The number of carbonyl (C=O) groups is 2. The molecule has 0 radical (unpaired) electrons. The van der Waals surface area contributed by atoms with Crippen molar-refractivity contribution >= 4 is 17.5 Å². The molecule has 5 heteroatoms. The smallest absolute Gasteiger partial charge is 0.237 e. The lowest BCUT2D eigenvalue weighted by molar-refractivity contribution is -0.143. The molecule has 1 saturated heterocycles. The number of amides is 2. The molecule has 0 unspecified atom stereocenters. The molecule has 0 aliphatic carbocycles.